The summed E-state index contributed by atoms with van der Waals surface area (Å²) in [6, 6.07) is 6.04. The van der Waals surface area contributed by atoms with Crippen LogP contribution >= 0.6 is 27.5 Å². The molecule has 0 radical (unpaired) electrons. The Morgan fingerprint density at radius 2 is 2.28 bits per heavy atom. The highest BCUT2D eigenvalue weighted by molar-refractivity contribution is 9.10. The van der Waals surface area contributed by atoms with E-state index in [9.17, 15) is 0 Å². The monoisotopic (exact) mass is 330 g/mol. The summed E-state index contributed by atoms with van der Waals surface area (Å²) in [5.41, 5.74) is 6.97. The molecule has 2 rings (SSSR count). The van der Waals surface area contributed by atoms with Crippen LogP contribution in [0.25, 0.3) is 0 Å². The molecule has 0 aromatic heterocycles. The molecule has 1 heterocycles. The van der Waals surface area contributed by atoms with Crippen LogP contribution in [-0.4, -0.2) is 24.5 Å². The van der Waals surface area contributed by atoms with E-state index < -0.39 is 0 Å². The first-order chi connectivity index (χ1) is 8.69. The molecule has 0 aliphatic carbocycles. The molecule has 1 aromatic rings. The van der Waals surface area contributed by atoms with E-state index in [2.05, 4.69) is 26.9 Å². The van der Waals surface area contributed by atoms with Gasteiger partial charge in [-0.15, -0.1) is 0 Å². The van der Waals surface area contributed by atoms with Crippen molar-refractivity contribution in [1.29, 1.82) is 0 Å². The van der Waals surface area contributed by atoms with Gasteiger partial charge in [0.2, 0.25) is 0 Å². The number of nitrogens with zero attached hydrogens (tertiary/aromatic N) is 1. The Hall–Kier alpha value is -0.0900. The number of rotatable bonds is 4. The number of nitrogens with two attached hydrogens (primary N) is 1. The van der Waals surface area contributed by atoms with Gasteiger partial charge in [0.1, 0.15) is 0 Å². The van der Waals surface area contributed by atoms with E-state index in [1.165, 1.54) is 31.5 Å². The molecule has 100 valence electrons. The van der Waals surface area contributed by atoms with Crippen molar-refractivity contribution in [1.82, 2.24) is 4.90 Å². The zero-order valence-corrected chi connectivity index (χ0v) is 12.9. The van der Waals surface area contributed by atoms with Gasteiger partial charge in [0, 0.05) is 22.6 Å². The van der Waals surface area contributed by atoms with Gasteiger partial charge in [0.15, 0.2) is 0 Å². The van der Waals surface area contributed by atoms with Crippen molar-refractivity contribution in [2.24, 2.45) is 11.7 Å². The lowest BCUT2D eigenvalue weighted by Crippen LogP contribution is -2.35. The molecule has 1 atom stereocenters. The van der Waals surface area contributed by atoms with Crippen LogP contribution in [0.2, 0.25) is 5.02 Å². The molecule has 1 saturated heterocycles. The third-order valence-corrected chi connectivity index (χ3v) is 4.56. The van der Waals surface area contributed by atoms with Crippen molar-refractivity contribution in [3.63, 3.8) is 0 Å². The number of hydrogen-bond donors (Lipinski definition) is 1. The van der Waals surface area contributed by atoms with Gasteiger partial charge in [-0.25, -0.2) is 0 Å². The first-order valence-corrected chi connectivity index (χ1v) is 7.72. The maximum Gasteiger partial charge on any atom is 0.0417 e. The molecule has 4 heteroatoms. The average Bonchev–Trinajstić information content (AvgIpc) is 2.34. The van der Waals surface area contributed by atoms with Crippen LogP contribution in [0.5, 0.6) is 0 Å². The summed E-state index contributed by atoms with van der Waals surface area (Å²) in [5, 5.41) is 0.783. The summed E-state index contributed by atoms with van der Waals surface area (Å²) in [7, 11) is 0. The van der Waals surface area contributed by atoms with E-state index in [4.69, 9.17) is 17.3 Å². The Balaban J connectivity index is 1.96. The van der Waals surface area contributed by atoms with Crippen molar-refractivity contribution < 1.29 is 0 Å². The Kier molecular flexibility index (Phi) is 5.49. The summed E-state index contributed by atoms with van der Waals surface area (Å²) in [6.45, 7) is 4.17. The van der Waals surface area contributed by atoms with Crippen LogP contribution in [0.4, 0.5) is 0 Å². The van der Waals surface area contributed by atoms with Crippen molar-refractivity contribution >= 4 is 27.5 Å². The minimum absolute atomic E-state index is 0.773. The van der Waals surface area contributed by atoms with E-state index >= 15 is 0 Å². The fourth-order valence-electron chi connectivity index (χ4n) is 2.66. The van der Waals surface area contributed by atoms with Crippen LogP contribution in [0.1, 0.15) is 24.8 Å². The van der Waals surface area contributed by atoms with Gasteiger partial charge in [-0.3, -0.25) is 4.90 Å². The predicted molar refractivity (Wildman–Crippen MR) is 80.8 cm³/mol. The maximum absolute atomic E-state index is 5.97. The first kappa shape index (κ1) is 14.3. The average molecular weight is 332 g/mol. The van der Waals surface area contributed by atoms with E-state index in [0.717, 1.165) is 34.9 Å². The van der Waals surface area contributed by atoms with Gasteiger partial charge >= 0.3 is 0 Å². The molecule has 1 unspecified atom stereocenters. The smallest absolute Gasteiger partial charge is 0.0417 e. The van der Waals surface area contributed by atoms with Crippen molar-refractivity contribution in [2.45, 2.75) is 25.8 Å². The summed E-state index contributed by atoms with van der Waals surface area (Å²) in [6.07, 6.45) is 3.77. The molecule has 0 spiro atoms. The highest BCUT2D eigenvalue weighted by Crippen LogP contribution is 2.25. The minimum Gasteiger partial charge on any atom is -0.330 e. The zero-order chi connectivity index (χ0) is 13.0. The summed E-state index contributed by atoms with van der Waals surface area (Å²) in [5.74, 6) is 0.773. The highest BCUT2D eigenvalue weighted by Gasteiger charge is 2.19. The molecule has 18 heavy (non-hydrogen) atoms. The molecule has 1 aromatic carbocycles. The highest BCUT2D eigenvalue weighted by atomic mass is 79.9. The Labute approximate surface area is 123 Å². The largest absolute Gasteiger partial charge is 0.330 e. The Bertz CT molecular complexity index is 395. The van der Waals surface area contributed by atoms with Gasteiger partial charge in [-0.05, 0) is 56.0 Å². The van der Waals surface area contributed by atoms with E-state index in [0.29, 0.717) is 0 Å². The number of halogens is 2. The quantitative estimate of drug-likeness (QED) is 0.912. The number of likely N-dealkylation sites (tertiary alicyclic amines) is 1. The van der Waals surface area contributed by atoms with Gasteiger partial charge in [-0.1, -0.05) is 33.6 Å². The second-order valence-corrected chi connectivity index (χ2v) is 6.35. The Morgan fingerprint density at radius 3 is 3.00 bits per heavy atom. The van der Waals surface area contributed by atoms with Crippen LogP contribution in [-0.2, 0) is 6.54 Å². The second-order valence-electron chi connectivity index (χ2n) is 5.06. The van der Waals surface area contributed by atoms with Crippen LogP contribution in [0.15, 0.2) is 22.7 Å². The zero-order valence-electron chi connectivity index (χ0n) is 10.5. The van der Waals surface area contributed by atoms with Crippen LogP contribution in [0.3, 0.4) is 0 Å². The molecular formula is C14H20BrClN2. The van der Waals surface area contributed by atoms with Gasteiger partial charge < -0.3 is 5.73 Å². The standard InChI is InChI=1S/C14H20BrClN2/c15-14-8-13(16)4-3-12(14)10-18-7-1-2-11(9-18)5-6-17/h3-4,8,11H,1-2,5-7,9-10,17H2. The molecule has 0 bridgehead atoms. The number of hydrogen-bond acceptors (Lipinski definition) is 2. The predicted octanol–water partition coefficient (Wildman–Crippen LogP) is 3.66. The Morgan fingerprint density at radius 1 is 1.44 bits per heavy atom. The van der Waals surface area contributed by atoms with E-state index in [1.807, 2.05) is 12.1 Å². The fraction of sp³-hybridized carbons (Fsp3) is 0.571. The van der Waals surface area contributed by atoms with Crippen molar-refractivity contribution in [2.75, 3.05) is 19.6 Å². The summed E-state index contributed by atoms with van der Waals surface area (Å²) >= 11 is 9.56. The lowest BCUT2D eigenvalue weighted by Gasteiger charge is -2.32. The molecule has 1 aliphatic rings. The molecule has 2 N–H and O–H groups in total. The van der Waals surface area contributed by atoms with Crippen molar-refractivity contribution in [3.05, 3.63) is 33.3 Å². The van der Waals surface area contributed by atoms with E-state index in [1.54, 1.807) is 0 Å². The summed E-state index contributed by atoms with van der Waals surface area (Å²) < 4.78 is 1.11. The number of piperidine rings is 1. The molecular weight excluding hydrogens is 312 g/mol. The third kappa shape index (κ3) is 3.95. The molecule has 0 saturated carbocycles. The fourth-order valence-corrected chi connectivity index (χ4v) is 3.47. The van der Waals surface area contributed by atoms with Crippen molar-refractivity contribution in [3.8, 4) is 0 Å². The molecule has 1 aliphatic heterocycles. The van der Waals surface area contributed by atoms with Crippen LogP contribution < -0.4 is 5.73 Å². The van der Waals surface area contributed by atoms with Gasteiger partial charge in [0.05, 0.1) is 0 Å². The second kappa shape index (κ2) is 6.90. The normalized spacial score (nSPS) is 21.2. The molecule has 2 nitrogen and oxygen atoms in total. The topological polar surface area (TPSA) is 29.3 Å². The third-order valence-electron chi connectivity index (χ3n) is 3.59. The molecule has 0 amide bonds. The van der Waals surface area contributed by atoms with Gasteiger partial charge in [-0.2, -0.15) is 0 Å². The maximum atomic E-state index is 5.97. The summed E-state index contributed by atoms with van der Waals surface area (Å²) in [4.78, 5) is 2.53. The minimum atomic E-state index is 0.773. The number of benzene rings is 1. The van der Waals surface area contributed by atoms with E-state index in [-0.39, 0.29) is 0 Å². The lowest BCUT2D eigenvalue weighted by molar-refractivity contribution is 0.163. The lowest BCUT2D eigenvalue weighted by atomic mass is 9.94. The van der Waals surface area contributed by atoms with Crippen LogP contribution in [0, 0.1) is 5.92 Å². The SMILES string of the molecule is NCCC1CCCN(Cc2ccc(Cl)cc2Br)C1. The van der Waals surface area contributed by atoms with Gasteiger partial charge in [0.25, 0.3) is 0 Å². The molecule has 1 fully saturated rings. The first-order valence-electron chi connectivity index (χ1n) is 6.55.